The standard InChI is InChI=1S/C23H29F3N4O4/c1-4-30(5-2)11-10-27-21(32)18-8-6-17(13-20(18)34-3)29-22(33)28-16-7-9-19(23(24,25)26)15(12-16)14-31/h6-9,12-13,31H,4-5,10-11,14H2,1-3H3,(H,27,32)(H2,28,29,33). The third-order valence-corrected chi connectivity index (χ3v) is 5.15. The van der Waals surface area contributed by atoms with Crippen molar-refractivity contribution in [1.29, 1.82) is 0 Å². The van der Waals surface area contributed by atoms with Crippen molar-refractivity contribution in [3.05, 3.63) is 53.1 Å². The first-order valence-corrected chi connectivity index (χ1v) is 10.7. The van der Waals surface area contributed by atoms with Crippen LogP contribution < -0.4 is 20.7 Å². The molecule has 0 spiro atoms. The molecular weight excluding hydrogens is 453 g/mol. The number of urea groups is 1. The van der Waals surface area contributed by atoms with Crippen LogP contribution in [0, 0.1) is 0 Å². The molecule has 8 nitrogen and oxygen atoms in total. The van der Waals surface area contributed by atoms with Gasteiger partial charge in [-0.05, 0) is 49.0 Å². The van der Waals surface area contributed by atoms with Crippen molar-refractivity contribution in [3.63, 3.8) is 0 Å². The zero-order valence-electron chi connectivity index (χ0n) is 19.3. The molecular formula is C23H29F3N4O4. The van der Waals surface area contributed by atoms with Crippen LogP contribution in [0.25, 0.3) is 0 Å². The number of aliphatic hydroxyl groups excluding tert-OH is 1. The summed E-state index contributed by atoms with van der Waals surface area (Å²) in [4.78, 5) is 27.0. The van der Waals surface area contributed by atoms with Crippen molar-refractivity contribution in [1.82, 2.24) is 10.2 Å². The van der Waals surface area contributed by atoms with Crippen LogP contribution in [-0.4, -0.2) is 55.2 Å². The predicted octanol–water partition coefficient (Wildman–Crippen LogP) is 3.92. The number of likely N-dealkylation sites (N-methyl/N-ethyl adjacent to an activating group) is 1. The molecule has 0 aliphatic heterocycles. The van der Waals surface area contributed by atoms with Crippen molar-refractivity contribution in [2.45, 2.75) is 26.6 Å². The number of hydrogen-bond donors (Lipinski definition) is 4. The maximum atomic E-state index is 13.0. The molecule has 2 aromatic rings. The molecule has 3 amide bonds. The largest absolute Gasteiger partial charge is 0.496 e. The second-order valence-corrected chi connectivity index (χ2v) is 7.30. The summed E-state index contributed by atoms with van der Waals surface area (Å²) in [6.45, 7) is 6.19. The van der Waals surface area contributed by atoms with Gasteiger partial charge in [-0.25, -0.2) is 4.79 Å². The van der Waals surface area contributed by atoms with E-state index in [1.807, 2.05) is 13.8 Å². The lowest BCUT2D eigenvalue weighted by atomic mass is 10.1. The molecule has 186 valence electrons. The smallest absolute Gasteiger partial charge is 0.416 e. The molecule has 0 bridgehead atoms. The summed E-state index contributed by atoms with van der Waals surface area (Å²) in [5.41, 5.74) is -0.655. The topological polar surface area (TPSA) is 103 Å². The van der Waals surface area contributed by atoms with Gasteiger partial charge in [0, 0.05) is 30.5 Å². The van der Waals surface area contributed by atoms with Crippen LogP contribution in [0.5, 0.6) is 5.75 Å². The van der Waals surface area contributed by atoms with Crippen LogP contribution in [0.1, 0.15) is 35.3 Å². The highest BCUT2D eigenvalue weighted by molar-refractivity contribution is 6.01. The molecule has 0 heterocycles. The van der Waals surface area contributed by atoms with Crippen LogP contribution in [-0.2, 0) is 12.8 Å². The Morgan fingerprint density at radius 3 is 2.21 bits per heavy atom. The van der Waals surface area contributed by atoms with Gasteiger partial charge in [-0.2, -0.15) is 13.2 Å². The first-order chi connectivity index (χ1) is 16.1. The summed E-state index contributed by atoms with van der Waals surface area (Å²) in [5, 5.41) is 17.0. The van der Waals surface area contributed by atoms with E-state index >= 15 is 0 Å². The van der Waals surface area contributed by atoms with Crippen molar-refractivity contribution in [3.8, 4) is 5.75 Å². The minimum atomic E-state index is -4.62. The fraction of sp³-hybridized carbons (Fsp3) is 0.391. The van der Waals surface area contributed by atoms with Gasteiger partial charge in [0.1, 0.15) is 5.75 Å². The van der Waals surface area contributed by atoms with Crippen LogP contribution in [0.15, 0.2) is 36.4 Å². The fourth-order valence-corrected chi connectivity index (χ4v) is 3.29. The number of benzene rings is 2. The first kappa shape index (κ1) is 26.9. The van der Waals surface area contributed by atoms with E-state index in [0.717, 1.165) is 31.3 Å². The summed E-state index contributed by atoms with van der Waals surface area (Å²) in [7, 11) is 1.39. The molecule has 0 aliphatic carbocycles. The van der Waals surface area contributed by atoms with E-state index in [1.54, 1.807) is 0 Å². The number of nitrogens with one attached hydrogen (secondary N) is 3. The average Bonchev–Trinajstić information content (AvgIpc) is 2.80. The molecule has 34 heavy (non-hydrogen) atoms. The molecule has 4 N–H and O–H groups in total. The zero-order valence-corrected chi connectivity index (χ0v) is 19.3. The van der Waals surface area contributed by atoms with E-state index < -0.39 is 24.4 Å². The van der Waals surface area contributed by atoms with Gasteiger partial charge in [-0.1, -0.05) is 13.8 Å². The Kier molecular flexibility index (Phi) is 9.69. The van der Waals surface area contributed by atoms with Gasteiger partial charge in [-0.3, -0.25) is 4.79 Å². The van der Waals surface area contributed by atoms with Gasteiger partial charge in [0.25, 0.3) is 5.91 Å². The Labute approximate surface area is 196 Å². The number of anilines is 2. The van der Waals surface area contributed by atoms with Crippen LogP contribution in [0.4, 0.5) is 29.3 Å². The number of amides is 3. The molecule has 2 rings (SSSR count). The van der Waals surface area contributed by atoms with Crippen molar-refractivity contribution >= 4 is 23.3 Å². The molecule has 0 fully saturated rings. The molecule has 0 radical (unpaired) electrons. The Bertz CT molecular complexity index is 995. The average molecular weight is 483 g/mol. The number of alkyl halides is 3. The van der Waals surface area contributed by atoms with Gasteiger partial charge in [0.15, 0.2) is 0 Å². The number of methoxy groups -OCH3 is 1. The minimum Gasteiger partial charge on any atom is -0.496 e. The first-order valence-electron chi connectivity index (χ1n) is 10.7. The Morgan fingerprint density at radius 2 is 1.65 bits per heavy atom. The molecule has 0 saturated carbocycles. The number of rotatable bonds is 10. The van der Waals surface area contributed by atoms with E-state index in [9.17, 15) is 27.9 Å². The van der Waals surface area contributed by atoms with Gasteiger partial charge >= 0.3 is 12.2 Å². The number of halogens is 3. The summed E-state index contributed by atoms with van der Waals surface area (Å²) < 4.78 is 44.2. The lowest BCUT2D eigenvalue weighted by Gasteiger charge is -2.18. The Hall–Kier alpha value is -3.31. The van der Waals surface area contributed by atoms with Crippen LogP contribution >= 0.6 is 0 Å². The van der Waals surface area contributed by atoms with Crippen molar-refractivity contribution in [2.24, 2.45) is 0 Å². The minimum absolute atomic E-state index is 0.0747. The fourth-order valence-electron chi connectivity index (χ4n) is 3.29. The van der Waals surface area contributed by atoms with E-state index in [1.165, 1.54) is 25.3 Å². The molecule has 11 heteroatoms. The van der Waals surface area contributed by atoms with E-state index in [0.29, 0.717) is 24.3 Å². The van der Waals surface area contributed by atoms with Crippen LogP contribution in [0.2, 0.25) is 0 Å². The van der Waals surface area contributed by atoms with E-state index in [4.69, 9.17) is 4.74 Å². The Morgan fingerprint density at radius 1 is 1.03 bits per heavy atom. The van der Waals surface area contributed by atoms with Crippen molar-refractivity contribution in [2.75, 3.05) is 43.9 Å². The van der Waals surface area contributed by atoms with Gasteiger partial charge in [-0.15, -0.1) is 0 Å². The lowest BCUT2D eigenvalue weighted by molar-refractivity contribution is -0.138. The summed E-state index contributed by atoms with van der Waals surface area (Å²) in [6, 6.07) is 6.68. The SMILES string of the molecule is CCN(CC)CCNC(=O)c1ccc(NC(=O)Nc2ccc(C(F)(F)F)c(CO)c2)cc1OC. The molecule has 0 aliphatic rings. The van der Waals surface area contributed by atoms with E-state index in [-0.39, 0.29) is 22.9 Å². The summed E-state index contributed by atoms with van der Waals surface area (Å²) >= 11 is 0. The second kappa shape index (κ2) is 12.2. The number of ether oxygens (including phenoxy) is 1. The number of carbonyl (C=O) groups is 2. The molecule has 2 aromatic carbocycles. The van der Waals surface area contributed by atoms with Crippen LogP contribution in [0.3, 0.4) is 0 Å². The molecule has 0 unspecified atom stereocenters. The third-order valence-electron chi connectivity index (χ3n) is 5.15. The lowest BCUT2D eigenvalue weighted by Crippen LogP contribution is -2.34. The number of nitrogens with zero attached hydrogens (tertiary/aromatic N) is 1. The zero-order chi connectivity index (χ0) is 25.3. The highest BCUT2D eigenvalue weighted by Gasteiger charge is 2.33. The molecule has 0 saturated heterocycles. The predicted molar refractivity (Wildman–Crippen MR) is 123 cm³/mol. The highest BCUT2D eigenvalue weighted by Crippen LogP contribution is 2.33. The summed E-state index contributed by atoms with van der Waals surface area (Å²) in [5.74, 6) is -0.0727. The quantitative estimate of drug-likeness (QED) is 0.411. The second-order valence-electron chi connectivity index (χ2n) is 7.30. The highest BCUT2D eigenvalue weighted by atomic mass is 19.4. The Balaban J connectivity index is 2.04. The number of hydrogen-bond acceptors (Lipinski definition) is 5. The normalized spacial score (nSPS) is 11.3. The van der Waals surface area contributed by atoms with Gasteiger partial charge in [0.2, 0.25) is 0 Å². The van der Waals surface area contributed by atoms with Gasteiger partial charge < -0.3 is 30.7 Å². The third kappa shape index (κ3) is 7.35. The number of aliphatic hydroxyl groups is 1. The maximum Gasteiger partial charge on any atom is 0.416 e. The van der Waals surface area contributed by atoms with E-state index in [2.05, 4.69) is 20.9 Å². The molecule has 0 atom stereocenters. The van der Waals surface area contributed by atoms with Gasteiger partial charge in [0.05, 0.1) is 24.8 Å². The maximum absolute atomic E-state index is 13.0. The van der Waals surface area contributed by atoms with Crippen molar-refractivity contribution < 1.29 is 32.6 Å². The monoisotopic (exact) mass is 482 g/mol. The summed E-state index contributed by atoms with van der Waals surface area (Å²) in [6.07, 6.45) is -4.62. The molecule has 0 aromatic heterocycles. The number of carbonyl (C=O) groups excluding carboxylic acids is 2.